The molecule has 0 fully saturated rings. The Hall–Kier alpha value is -2.50. The van der Waals surface area contributed by atoms with Crippen molar-refractivity contribution in [2.75, 3.05) is 17.2 Å². The maximum Gasteiger partial charge on any atom is 0.276 e. The van der Waals surface area contributed by atoms with E-state index in [1.54, 1.807) is 36.7 Å². The summed E-state index contributed by atoms with van der Waals surface area (Å²) in [6.07, 6.45) is 4.23. The van der Waals surface area contributed by atoms with Gasteiger partial charge >= 0.3 is 0 Å². The Morgan fingerprint density at radius 2 is 1.95 bits per heavy atom. The number of hydrogen-bond acceptors (Lipinski definition) is 5. The van der Waals surface area contributed by atoms with E-state index in [1.165, 1.54) is 0 Å². The minimum absolute atomic E-state index is 0.277. The van der Waals surface area contributed by atoms with Gasteiger partial charge in [0.25, 0.3) is 5.91 Å². The van der Waals surface area contributed by atoms with Crippen LogP contribution in [0.4, 0.5) is 11.5 Å². The van der Waals surface area contributed by atoms with Crippen molar-refractivity contribution in [3.63, 3.8) is 0 Å². The van der Waals surface area contributed by atoms with E-state index in [0.717, 1.165) is 13.0 Å². The summed E-state index contributed by atoms with van der Waals surface area (Å²) < 4.78 is 0. The largest absolute Gasteiger partial charge is 0.369 e. The highest BCUT2D eigenvalue weighted by Crippen LogP contribution is 2.07. The molecule has 2 N–H and O–H groups in total. The predicted molar refractivity (Wildman–Crippen MR) is 73.0 cm³/mol. The Labute approximate surface area is 111 Å². The standard InChI is InChI=1S/C13H15N5O/c1-2-7-15-12-4-3-11(17-18-12)13(19)16-10-5-8-14-9-6-10/h3-6,8-9H,2,7H2,1H3,(H,15,18)(H,14,16,19). The maximum absolute atomic E-state index is 11.9. The van der Waals surface area contributed by atoms with E-state index in [9.17, 15) is 4.79 Å². The zero-order valence-corrected chi connectivity index (χ0v) is 10.6. The van der Waals surface area contributed by atoms with Crippen molar-refractivity contribution in [3.05, 3.63) is 42.4 Å². The minimum Gasteiger partial charge on any atom is -0.369 e. The van der Waals surface area contributed by atoms with Gasteiger partial charge in [-0.15, -0.1) is 10.2 Å². The van der Waals surface area contributed by atoms with Crippen LogP contribution in [0.3, 0.4) is 0 Å². The van der Waals surface area contributed by atoms with Crippen LogP contribution in [-0.4, -0.2) is 27.6 Å². The van der Waals surface area contributed by atoms with Crippen LogP contribution in [0.5, 0.6) is 0 Å². The van der Waals surface area contributed by atoms with Gasteiger partial charge in [-0.2, -0.15) is 0 Å². The lowest BCUT2D eigenvalue weighted by molar-refractivity contribution is 0.102. The number of carbonyl (C=O) groups excluding carboxylic acids is 1. The molecule has 2 aromatic heterocycles. The van der Waals surface area contributed by atoms with E-state index in [2.05, 4.69) is 32.7 Å². The molecule has 6 heteroatoms. The molecule has 0 aliphatic rings. The fourth-order valence-electron chi connectivity index (χ4n) is 1.43. The zero-order valence-electron chi connectivity index (χ0n) is 10.6. The molecule has 0 atom stereocenters. The lowest BCUT2D eigenvalue weighted by Gasteiger charge is -2.05. The Balaban J connectivity index is 1.99. The summed E-state index contributed by atoms with van der Waals surface area (Å²) in [7, 11) is 0. The molecule has 2 aromatic rings. The number of nitrogens with zero attached hydrogens (tertiary/aromatic N) is 3. The first kappa shape index (κ1) is 12.9. The molecule has 0 radical (unpaired) electrons. The summed E-state index contributed by atoms with van der Waals surface area (Å²) in [6, 6.07) is 6.80. The first-order chi connectivity index (χ1) is 9.29. The Morgan fingerprint density at radius 1 is 1.16 bits per heavy atom. The molecular formula is C13H15N5O. The zero-order chi connectivity index (χ0) is 13.5. The van der Waals surface area contributed by atoms with Crippen molar-refractivity contribution in [3.8, 4) is 0 Å². The summed E-state index contributed by atoms with van der Waals surface area (Å²) in [4.78, 5) is 15.8. The number of nitrogens with one attached hydrogen (secondary N) is 2. The molecule has 0 spiro atoms. The molecule has 1 amide bonds. The SMILES string of the molecule is CCCNc1ccc(C(=O)Nc2ccncc2)nn1. The number of carbonyl (C=O) groups is 1. The second-order valence-electron chi connectivity index (χ2n) is 3.92. The summed E-state index contributed by atoms with van der Waals surface area (Å²) >= 11 is 0. The van der Waals surface area contributed by atoms with Crippen LogP contribution in [-0.2, 0) is 0 Å². The lowest BCUT2D eigenvalue weighted by Crippen LogP contribution is -2.15. The van der Waals surface area contributed by atoms with Crippen molar-refractivity contribution in [1.29, 1.82) is 0 Å². The smallest absolute Gasteiger partial charge is 0.276 e. The van der Waals surface area contributed by atoms with Crippen LogP contribution in [0.1, 0.15) is 23.8 Å². The van der Waals surface area contributed by atoms with Crippen LogP contribution >= 0.6 is 0 Å². The van der Waals surface area contributed by atoms with E-state index in [1.807, 2.05) is 0 Å². The molecule has 98 valence electrons. The summed E-state index contributed by atoms with van der Waals surface area (Å²) in [5, 5.41) is 13.6. The Bertz CT molecular complexity index is 526. The van der Waals surface area contributed by atoms with Crippen molar-refractivity contribution < 1.29 is 4.79 Å². The van der Waals surface area contributed by atoms with E-state index in [-0.39, 0.29) is 11.6 Å². The van der Waals surface area contributed by atoms with Gasteiger partial charge in [0.05, 0.1) is 0 Å². The quantitative estimate of drug-likeness (QED) is 0.855. The van der Waals surface area contributed by atoms with Crippen LogP contribution in [0.15, 0.2) is 36.7 Å². The monoisotopic (exact) mass is 257 g/mol. The van der Waals surface area contributed by atoms with Crippen molar-refractivity contribution >= 4 is 17.4 Å². The predicted octanol–water partition coefficient (Wildman–Crippen LogP) is 1.95. The average Bonchev–Trinajstić information content (AvgIpc) is 2.46. The molecule has 0 aliphatic heterocycles. The van der Waals surface area contributed by atoms with Gasteiger partial charge in [0, 0.05) is 24.6 Å². The van der Waals surface area contributed by atoms with E-state index >= 15 is 0 Å². The highest BCUT2D eigenvalue weighted by atomic mass is 16.1. The van der Waals surface area contributed by atoms with E-state index in [0.29, 0.717) is 11.5 Å². The Morgan fingerprint density at radius 3 is 2.58 bits per heavy atom. The molecule has 2 heterocycles. The molecule has 6 nitrogen and oxygen atoms in total. The first-order valence-electron chi connectivity index (χ1n) is 6.08. The normalized spacial score (nSPS) is 9.95. The molecule has 0 bridgehead atoms. The minimum atomic E-state index is -0.291. The van der Waals surface area contributed by atoms with Crippen molar-refractivity contribution in [2.24, 2.45) is 0 Å². The molecule has 0 saturated heterocycles. The van der Waals surface area contributed by atoms with Gasteiger partial charge in [-0.3, -0.25) is 9.78 Å². The van der Waals surface area contributed by atoms with Gasteiger partial charge in [-0.1, -0.05) is 6.92 Å². The summed E-state index contributed by atoms with van der Waals surface area (Å²) in [6.45, 7) is 2.90. The number of hydrogen-bond donors (Lipinski definition) is 2. The van der Waals surface area contributed by atoms with E-state index in [4.69, 9.17) is 0 Å². The van der Waals surface area contributed by atoms with Gasteiger partial charge < -0.3 is 10.6 Å². The number of amides is 1. The van der Waals surface area contributed by atoms with Gasteiger partial charge in [-0.25, -0.2) is 0 Å². The maximum atomic E-state index is 11.9. The van der Waals surface area contributed by atoms with Crippen molar-refractivity contribution in [1.82, 2.24) is 15.2 Å². The third kappa shape index (κ3) is 3.74. The number of rotatable bonds is 5. The second kappa shape index (κ2) is 6.44. The van der Waals surface area contributed by atoms with Gasteiger partial charge in [-0.05, 0) is 30.7 Å². The lowest BCUT2D eigenvalue weighted by atomic mass is 10.3. The number of anilines is 2. The first-order valence-corrected chi connectivity index (χ1v) is 6.08. The molecule has 2 rings (SSSR count). The molecule has 0 unspecified atom stereocenters. The molecular weight excluding hydrogens is 242 g/mol. The molecule has 0 saturated carbocycles. The van der Waals surface area contributed by atoms with Crippen LogP contribution < -0.4 is 10.6 Å². The molecule has 19 heavy (non-hydrogen) atoms. The van der Waals surface area contributed by atoms with Gasteiger partial charge in [0.1, 0.15) is 5.82 Å². The summed E-state index contributed by atoms with van der Waals surface area (Å²) in [5.41, 5.74) is 0.953. The Kier molecular flexibility index (Phi) is 4.39. The fraction of sp³-hybridized carbons (Fsp3) is 0.231. The van der Waals surface area contributed by atoms with Gasteiger partial charge in [0.2, 0.25) is 0 Å². The highest BCUT2D eigenvalue weighted by Gasteiger charge is 2.08. The molecule has 0 aliphatic carbocycles. The average molecular weight is 257 g/mol. The number of aromatic nitrogens is 3. The van der Waals surface area contributed by atoms with Crippen LogP contribution in [0.25, 0.3) is 0 Å². The third-order valence-corrected chi connectivity index (χ3v) is 2.39. The van der Waals surface area contributed by atoms with Crippen LogP contribution in [0, 0.1) is 0 Å². The highest BCUT2D eigenvalue weighted by molar-refractivity contribution is 6.02. The number of pyridine rings is 1. The third-order valence-electron chi connectivity index (χ3n) is 2.39. The topological polar surface area (TPSA) is 79.8 Å². The fourth-order valence-corrected chi connectivity index (χ4v) is 1.43. The van der Waals surface area contributed by atoms with Crippen molar-refractivity contribution in [2.45, 2.75) is 13.3 Å². The second-order valence-corrected chi connectivity index (χ2v) is 3.92. The van der Waals surface area contributed by atoms with Crippen LogP contribution in [0.2, 0.25) is 0 Å². The molecule has 0 aromatic carbocycles. The summed E-state index contributed by atoms with van der Waals surface area (Å²) in [5.74, 6) is 0.378. The van der Waals surface area contributed by atoms with Gasteiger partial charge in [0.15, 0.2) is 5.69 Å². The van der Waals surface area contributed by atoms with E-state index < -0.39 is 0 Å².